The smallest absolute Gasteiger partial charge is 0.115 e. The fourth-order valence-corrected chi connectivity index (χ4v) is 4.93. The van der Waals surface area contributed by atoms with E-state index in [9.17, 15) is 20.7 Å². The highest BCUT2D eigenvalue weighted by Gasteiger charge is 2.45. The van der Waals surface area contributed by atoms with Crippen molar-refractivity contribution in [1.29, 1.82) is 10.5 Å². The normalized spacial score (nSPS) is 21.1. The lowest BCUT2D eigenvalue weighted by molar-refractivity contribution is 0.102. The molecule has 0 saturated carbocycles. The molecule has 0 radical (unpaired) electrons. The molecule has 0 bridgehead atoms. The van der Waals surface area contributed by atoms with E-state index in [4.69, 9.17) is 14.2 Å². The summed E-state index contributed by atoms with van der Waals surface area (Å²) >= 11 is 0. The van der Waals surface area contributed by atoms with Gasteiger partial charge < -0.3 is 24.4 Å². The van der Waals surface area contributed by atoms with Crippen LogP contribution >= 0.6 is 0 Å². The van der Waals surface area contributed by atoms with Gasteiger partial charge in [0, 0.05) is 0 Å². The topological polar surface area (TPSA) is 122 Å². The zero-order valence-electron chi connectivity index (χ0n) is 20.8. The molecule has 192 valence electrons. The second-order valence-electron chi connectivity index (χ2n) is 9.65. The van der Waals surface area contributed by atoms with Gasteiger partial charge in [-0.25, -0.2) is 0 Å². The van der Waals surface area contributed by atoms with E-state index in [1.54, 1.807) is 36.4 Å². The molecule has 2 saturated heterocycles. The van der Waals surface area contributed by atoms with Gasteiger partial charge in [0.05, 0.1) is 36.5 Å². The maximum absolute atomic E-state index is 9.65. The molecular weight excluding hydrogens is 492 g/mol. The van der Waals surface area contributed by atoms with Crippen molar-refractivity contribution in [3.05, 3.63) is 107 Å². The third-order valence-corrected chi connectivity index (χ3v) is 7.06. The fourth-order valence-electron chi connectivity index (χ4n) is 4.93. The molecule has 7 nitrogen and oxygen atoms in total. The summed E-state index contributed by atoms with van der Waals surface area (Å²) in [5.41, 5.74) is 6.71. The number of benzene rings is 4. The highest BCUT2D eigenvalue weighted by atomic mass is 16.6. The molecule has 4 atom stereocenters. The monoisotopic (exact) mass is 516 g/mol. The van der Waals surface area contributed by atoms with Crippen LogP contribution < -0.4 is 0 Å². The van der Waals surface area contributed by atoms with Crippen molar-refractivity contribution >= 4 is 0 Å². The minimum absolute atomic E-state index is 0.138. The molecule has 4 aromatic rings. The minimum Gasteiger partial charge on any atom is -0.508 e. The van der Waals surface area contributed by atoms with Crippen molar-refractivity contribution in [2.45, 2.75) is 24.4 Å². The molecule has 4 unspecified atom stereocenters. The predicted octanol–water partition coefficient (Wildman–Crippen LogP) is 5.77. The van der Waals surface area contributed by atoms with Crippen LogP contribution in [0.25, 0.3) is 22.3 Å². The molecule has 0 aliphatic carbocycles. The quantitative estimate of drug-likeness (QED) is 0.285. The Kier molecular flexibility index (Phi) is 6.48. The number of hydrogen-bond donors (Lipinski definition) is 2. The van der Waals surface area contributed by atoms with Crippen molar-refractivity contribution in [1.82, 2.24) is 0 Å². The number of nitrogens with zero attached hydrogens (tertiary/aromatic N) is 2. The summed E-state index contributed by atoms with van der Waals surface area (Å²) < 4.78 is 17.9. The molecule has 7 heteroatoms. The summed E-state index contributed by atoms with van der Waals surface area (Å²) in [4.78, 5) is 0. The van der Waals surface area contributed by atoms with E-state index in [2.05, 4.69) is 12.1 Å². The van der Waals surface area contributed by atoms with Gasteiger partial charge in [0.1, 0.15) is 35.9 Å². The van der Waals surface area contributed by atoms with Gasteiger partial charge >= 0.3 is 0 Å². The standard InChI is InChI=1S/C32H24N2O5/c33-15-19-1-11-25(21-3-7-23(35)8-4-21)27(13-19)31-29(38-31)17-37-18-30-32(39-30)28-14-20(16-34)2-12-26(28)22-5-9-24(36)10-6-22/h1-14,29-32,35-36H,17-18H2. The SMILES string of the molecule is N#Cc1ccc(-c2ccc(O)cc2)c(C2OC2COCC2OC2c2cc(C#N)ccc2-c2ccc(O)cc2)c1. The summed E-state index contributed by atoms with van der Waals surface area (Å²) in [5.74, 6) is 0.385. The van der Waals surface area contributed by atoms with Crippen LogP contribution in [0.2, 0.25) is 0 Å². The molecule has 2 aliphatic rings. The molecule has 0 aromatic heterocycles. The number of epoxide rings is 2. The highest BCUT2D eigenvalue weighted by molar-refractivity contribution is 5.71. The summed E-state index contributed by atoms with van der Waals surface area (Å²) in [6.45, 7) is 0.762. The van der Waals surface area contributed by atoms with E-state index in [0.717, 1.165) is 33.4 Å². The Bertz CT molecular complexity index is 1480. The first kappa shape index (κ1) is 24.7. The molecule has 2 aliphatic heterocycles. The van der Waals surface area contributed by atoms with Gasteiger partial charge in [-0.15, -0.1) is 0 Å². The van der Waals surface area contributed by atoms with E-state index in [0.29, 0.717) is 24.3 Å². The van der Waals surface area contributed by atoms with Gasteiger partial charge in [-0.2, -0.15) is 10.5 Å². The molecule has 39 heavy (non-hydrogen) atoms. The summed E-state index contributed by atoms with van der Waals surface area (Å²) in [6, 6.07) is 29.3. The first-order chi connectivity index (χ1) is 19.0. The molecule has 4 aromatic carbocycles. The van der Waals surface area contributed by atoms with E-state index >= 15 is 0 Å². The fraction of sp³-hybridized carbons (Fsp3) is 0.188. The number of nitriles is 2. The van der Waals surface area contributed by atoms with Gasteiger partial charge in [0.25, 0.3) is 0 Å². The number of ether oxygens (including phenoxy) is 3. The Morgan fingerprint density at radius 3 is 1.41 bits per heavy atom. The summed E-state index contributed by atoms with van der Waals surface area (Å²) in [5, 5.41) is 38.1. The van der Waals surface area contributed by atoms with Crippen LogP contribution in [0.1, 0.15) is 34.5 Å². The van der Waals surface area contributed by atoms with E-state index in [-0.39, 0.29) is 35.9 Å². The van der Waals surface area contributed by atoms with Crippen LogP contribution in [-0.4, -0.2) is 35.6 Å². The molecular formula is C32H24N2O5. The van der Waals surface area contributed by atoms with Crippen molar-refractivity contribution in [3.63, 3.8) is 0 Å². The Morgan fingerprint density at radius 1 is 0.615 bits per heavy atom. The Hall–Kier alpha value is -4.66. The van der Waals surface area contributed by atoms with Crippen LogP contribution in [0.15, 0.2) is 84.9 Å². The van der Waals surface area contributed by atoms with Crippen LogP contribution in [-0.2, 0) is 14.2 Å². The highest BCUT2D eigenvalue weighted by Crippen LogP contribution is 2.46. The summed E-state index contributed by atoms with van der Waals surface area (Å²) in [6.07, 6.45) is -0.652. The summed E-state index contributed by atoms with van der Waals surface area (Å²) in [7, 11) is 0. The van der Waals surface area contributed by atoms with Gasteiger partial charge in [-0.3, -0.25) is 0 Å². The first-order valence-corrected chi connectivity index (χ1v) is 12.6. The minimum atomic E-state index is -0.188. The van der Waals surface area contributed by atoms with Crippen molar-refractivity contribution in [2.75, 3.05) is 13.2 Å². The number of hydrogen-bond acceptors (Lipinski definition) is 7. The zero-order chi connectivity index (χ0) is 26.9. The second kappa shape index (κ2) is 10.2. The Labute approximate surface area is 225 Å². The average molecular weight is 517 g/mol. The largest absolute Gasteiger partial charge is 0.508 e. The van der Waals surface area contributed by atoms with Crippen LogP contribution in [0.5, 0.6) is 11.5 Å². The molecule has 0 amide bonds. The number of aromatic hydroxyl groups is 2. The van der Waals surface area contributed by atoms with E-state index in [1.165, 1.54) is 0 Å². The molecule has 6 rings (SSSR count). The van der Waals surface area contributed by atoms with Crippen LogP contribution in [0.4, 0.5) is 0 Å². The Morgan fingerprint density at radius 2 is 1.03 bits per heavy atom. The maximum Gasteiger partial charge on any atom is 0.115 e. The van der Waals surface area contributed by atoms with Gasteiger partial charge in [0.2, 0.25) is 0 Å². The lowest BCUT2D eigenvalue weighted by Gasteiger charge is -2.09. The third kappa shape index (κ3) is 5.20. The van der Waals surface area contributed by atoms with Crippen LogP contribution in [0, 0.1) is 22.7 Å². The van der Waals surface area contributed by atoms with Crippen molar-refractivity contribution < 1.29 is 24.4 Å². The van der Waals surface area contributed by atoms with E-state index < -0.39 is 0 Å². The Balaban J connectivity index is 1.10. The molecule has 2 fully saturated rings. The predicted molar refractivity (Wildman–Crippen MR) is 143 cm³/mol. The number of rotatable bonds is 8. The third-order valence-electron chi connectivity index (χ3n) is 7.06. The van der Waals surface area contributed by atoms with Crippen LogP contribution in [0.3, 0.4) is 0 Å². The van der Waals surface area contributed by atoms with Crippen molar-refractivity contribution in [3.8, 4) is 45.9 Å². The second-order valence-corrected chi connectivity index (χ2v) is 9.65. The lowest BCUT2D eigenvalue weighted by atomic mass is 9.94. The van der Waals surface area contributed by atoms with Gasteiger partial charge in [0.15, 0.2) is 0 Å². The number of phenolic OH excluding ortho intramolecular Hbond substituents is 2. The molecule has 2 N–H and O–H groups in total. The number of phenols is 2. The van der Waals surface area contributed by atoms with E-state index in [1.807, 2.05) is 48.5 Å². The zero-order valence-corrected chi connectivity index (χ0v) is 20.8. The van der Waals surface area contributed by atoms with Crippen molar-refractivity contribution in [2.24, 2.45) is 0 Å². The van der Waals surface area contributed by atoms with Gasteiger partial charge in [-0.1, -0.05) is 36.4 Å². The lowest BCUT2D eigenvalue weighted by Crippen LogP contribution is -2.09. The maximum atomic E-state index is 9.65. The van der Waals surface area contributed by atoms with Gasteiger partial charge in [-0.05, 0) is 81.9 Å². The average Bonchev–Trinajstić information content (AvgIpc) is 3.90. The molecule has 0 spiro atoms. The first-order valence-electron chi connectivity index (χ1n) is 12.6. The molecule has 2 heterocycles.